The van der Waals surface area contributed by atoms with E-state index in [2.05, 4.69) is 35.6 Å². The maximum Gasteiger partial charge on any atom is 0.356 e. The summed E-state index contributed by atoms with van der Waals surface area (Å²) in [6.07, 6.45) is 3.84. The van der Waals surface area contributed by atoms with E-state index in [1.165, 1.54) is 5.56 Å². The maximum absolute atomic E-state index is 12.3. The summed E-state index contributed by atoms with van der Waals surface area (Å²) in [7, 11) is 0. The summed E-state index contributed by atoms with van der Waals surface area (Å²) in [5, 5.41) is 0. The topological polar surface area (TPSA) is 50.5 Å². The molecular formula is C16H24N4O. The molecular weight excluding hydrogens is 264 g/mol. The van der Waals surface area contributed by atoms with Gasteiger partial charge in [-0.25, -0.2) is 4.79 Å². The third-order valence-corrected chi connectivity index (χ3v) is 3.92. The molecule has 5 nitrogen and oxygen atoms in total. The SMILES string of the molecule is CCCN(CCC)c1nc(=O)n2cc(C)c(C)c(C)c2n1. The Kier molecular flexibility index (Phi) is 4.60. The number of pyridine rings is 1. The van der Waals surface area contributed by atoms with E-state index in [0.29, 0.717) is 11.6 Å². The lowest BCUT2D eigenvalue weighted by atomic mass is 10.1. The van der Waals surface area contributed by atoms with E-state index >= 15 is 0 Å². The van der Waals surface area contributed by atoms with E-state index in [4.69, 9.17) is 0 Å². The first kappa shape index (κ1) is 15.5. The van der Waals surface area contributed by atoms with Gasteiger partial charge in [0.2, 0.25) is 5.95 Å². The average Bonchev–Trinajstić information content (AvgIpc) is 2.46. The first-order chi connectivity index (χ1) is 9.99. The molecule has 21 heavy (non-hydrogen) atoms. The third kappa shape index (κ3) is 2.91. The minimum absolute atomic E-state index is 0.251. The highest BCUT2D eigenvalue weighted by atomic mass is 16.1. The van der Waals surface area contributed by atoms with Crippen LogP contribution in [0.3, 0.4) is 0 Å². The van der Waals surface area contributed by atoms with Crippen LogP contribution in [0.2, 0.25) is 0 Å². The fourth-order valence-corrected chi connectivity index (χ4v) is 2.53. The number of hydrogen-bond acceptors (Lipinski definition) is 4. The quantitative estimate of drug-likeness (QED) is 0.848. The zero-order chi connectivity index (χ0) is 15.6. The van der Waals surface area contributed by atoms with Gasteiger partial charge < -0.3 is 4.90 Å². The van der Waals surface area contributed by atoms with Crippen LogP contribution in [-0.4, -0.2) is 27.5 Å². The number of nitrogens with zero attached hydrogens (tertiary/aromatic N) is 4. The number of anilines is 1. The van der Waals surface area contributed by atoms with Gasteiger partial charge in [-0.1, -0.05) is 13.8 Å². The smallest absolute Gasteiger partial charge is 0.341 e. The molecule has 0 saturated carbocycles. The summed E-state index contributed by atoms with van der Waals surface area (Å²) < 4.78 is 1.55. The van der Waals surface area contributed by atoms with Gasteiger partial charge in [-0.2, -0.15) is 9.97 Å². The monoisotopic (exact) mass is 288 g/mol. The van der Waals surface area contributed by atoms with Crippen molar-refractivity contribution in [3.05, 3.63) is 33.4 Å². The van der Waals surface area contributed by atoms with Crippen molar-refractivity contribution >= 4 is 11.6 Å². The van der Waals surface area contributed by atoms with Crippen molar-refractivity contribution in [2.45, 2.75) is 47.5 Å². The molecule has 0 unspecified atom stereocenters. The van der Waals surface area contributed by atoms with Crippen LogP contribution in [0.4, 0.5) is 5.95 Å². The second kappa shape index (κ2) is 6.24. The molecule has 0 aromatic carbocycles. The normalized spacial score (nSPS) is 11.1. The molecule has 0 fully saturated rings. The lowest BCUT2D eigenvalue weighted by Crippen LogP contribution is -2.31. The summed E-state index contributed by atoms with van der Waals surface area (Å²) >= 11 is 0. The van der Waals surface area contributed by atoms with Crippen molar-refractivity contribution in [3.8, 4) is 0 Å². The predicted molar refractivity (Wildman–Crippen MR) is 86.3 cm³/mol. The van der Waals surface area contributed by atoms with Crippen LogP contribution in [-0.2, 0) is 0 Å². The van der Waals surface area contributed by atoms with Crippen molar-refractivity contribution in [3.63, 3.8) is 0 Å². The number of aryl methyl sites for hydroxylation is 2. The summed E-state index contributed by atoms with van der Waals surface area (Å²) in [6, 6.07) is 0. The Morgan fingerprint density at radius 2 is 1.67 bits per heavy atom. The minimum atomic E-state index is -0.251. The van der Waals surface area contributed by atoms with Crippen LogP contribution >= 0.6 is 0 Å². The molecule has 0 atom stereocenters. The molecule has 0 aliphatic rings. The molecule has 0 spiro atoms. The predicted octanol–water partition coefficient (Wildman–Crippen LogP) is 2.64. The van der Waals surface area contributed by atoms with Crippen LogP contribution < -0.4 is 10.6 Å². The highest BCUT2D eigenvalue weighted by Crippen LogP contribution is 2.17. The van der Waals surface area contributed by atoms with Gasteiger partial charge in [0.1, 0.15) is 5.65 Å². The van der Waals surface area contributed by atoms with Gasteiger partial charge >= 0.3 is 5.69 Å². The van der Waals surface area contributed by atoms with E-state index in [-0.39, 0.29) is 5.69 Å². The van der Waals surface area contributed by atoms with E-state index in [1.54, 1.807) is 4.40 Å². The van der Waals surface area contributed by atoms with Crippen molar-refractivity contribution in [2.24, 2.45) is 0 Å². The Bertz CT molecular complexity index is 699. The van der Waals surface area contributed by atoms with Gasteiger partial charge in [0.25, 0.3) is 0 Å². The molecule has 0 amide bonds. The molecule has 0 aliphatic carbocycles. The second-order valence-corrected chi connectivity index (χ2v) is 5.55. The third-order valence-electron chi connectivity index (χ3n) is 3.92. The van der Waals surface area contributed by atoms with Gasteiger partial charge in [-0.15, -0.1) is 0 Å². The number of aromatic nitrogens is 3. The largest absolute Gasteiger partial charge is 0.356 e. The van der Waals surface area contributed by atoms with Crippen LogP contribution in [0.15, 0.2) is 11.0 Å². The molecule has 0 aliphatic heterocycles. The minimum Gasteiger partial charge on any atom is -0.341 e. The Balaban J connectivity index is 2.65. The molecule has 2 heterocycles. The first-order valence-electron chi connectivity index (χ1n) is 7.61. The summed E-state index contributed by atoms with van der Waals surface area (Å²) in [5.41, 5.74) is 3.77. The maximum atomic E-state index is 12.3. The first-order valence-corrected chi connectivity index (χ1v) is 7.61. The Labute approximate surface area is 125 Å². The lowest BCUT2D eigenvalue weighted by molar-refractivity contribution is 0.713. The summed E-state index contributed by atoms with van der Waals surface area (Å²) in [6.45, 7) is 12.1. The van der Waals surface area contributed by atoms with E-state index in [1.807, 2.05) is 20.0 Å². The molecule has 0 bridgehead atoms. The average molecular weight is 288 g/mol. The Hall–Kier alpha value is -1.91. The van der Waals surface area contributed by atoms with E-state index in [9.17, 15) is 4.79 Å². The molecule has 0 radical (unpaired) electrons. The molecule has 2 aromatic rings. The van der Waals surface area contributed by atoms with Crippen molar-refractivity contribution < 1.29 is 0 Å². The fourth-order valence-electron chi connectivity index (χ4n) is 2.53. The molecule has 0 saturated heterocycles. The van der Waals surface area contributed by atoms with Crippen LogP contribution in [0.5, 0.6) is 0 Å². The molecule has 5 heteroatoms. The number of fused-ring (bicyclic) bond motifs is 1. The molecule has 2 aromatic heterocycles. The van der Waals surface area contributed by atoms with Gasteiger partial charge in [-0.3, -0.25) is 4.40 Å². The van der Waals surface area contributed by atoms with Crippen LogP contribution in [0.25, 0.3) is 5.65 Å². The van der Waals surface area contributed by atoms with Gasteiger partial charge in [0.15, 0.2) is 0 Å². The fraction of sp³-hybridized carbons (Fsp3) is 0.562. The van der Waals surface area contributed by atoms with Crippen LogP contribution in [0.1, 0.15) is 43.4 Å². The zero-order valence-corrected chi connectivity index (χ0v) is 13.6. The Morgan fingerprint density at radius 3 is 2.24 bits per heavy atom. The molecule has 2 rings (SSSR count). The summed E-state index contributed by atoms with van der Waals surface area (Å²) in [4.78, 5) is 23.2. The van der Waals surface area contributed by atoms with Crippen molar-refractivity contribution in [1.29, 1.82) is 0 Å². The van der Waals surface area contributed by atoms with Crippen molar-refractivity contribution in [2.75, 3.05) is 18.0 Å². The van der Waals surface area contributed by atoms with Crippen LogP contribution in [0, 0.1) is 20.8 Å². The van der Waals surface area contributed by atoms with Gasteiger partial charge in [0, 0.05) is 19.3 Å². The molecule has 0 N–H and O–H groups in total. The van der Waals surface area contributed by atoms with E-state index < -0.39 is 0 Å². The highest BCUT2D eigenvalue weighted by Gasteiger charge is 2.13. The zero-order valence-electron chi connectivity index (χ0n) is 13.6. The standard InChI is InChI=1S/C16H24N4O/c1-6-8-19(9-7-2)15-17-14-13(5)12(4)11(3)10-20(14)16(21)18-15/h10H,6-9H2,1-5H3. The van der Waals surface area contributed by atoms with E-state index in [0.717, 1.165) is 37.1 Å². The summed E-state index contributed by atoms with van der Waals surface area (Å²) in [5.74, 6) is 0.551. The Morgan fingerprint density at radius 1 is 1.05 bits per heavy atom. The molecule has 114 valence electrons. The number of rotatable bonds is 5. The van der Waals surface area contributed by atoms with Crippen molar-refractivity contribution in [1.82, 2.24) is 14.4 Å². The second-order valence-electron chi connectivity index (χ2n) is 5.55. The highest BCUT2D eigenvalue weighted by molar-refractivity contribution is 5.54. The lowest BCUT2D eigenvalue weighted by Gasteiger charge is -2.21. The van der Waals surface area contributed by atoms with Gasteiger partial charge in [0.05, 0.1) is 0 Å². The van der Waals surface area contributed by atoms with Gasteiger partial charge in [-0.05, 0) is 50.3 Å². The number of hydrogen-bond donors (Lipinski definition) is 0.